The number of benzene rings is 1. The number of nitrogens with two attached hydrogens (primary N) is 1. The molecule has 1 aromatic carbocycles. The number of nitrogens with zero attached hydrogens (tertiary/aromatic N) is 1. The summed E-state index contributed by atoms with van der Waals surface area (Å²) in [4.78, 5) is 17.0. The molecule has 0 radical (unpaired) electrons. The van der Waals surface area contributed by atoms with E-state index in [2.05, 4.69) is 20.4 Å². The molecule has 1 heterocycles. The number of rotatable bonds is 8. The maximum Gasteiger partial charge on any atom is 0.461 e. The molecule has 0 spiro atoms. The molecule has 2 aromatic rings. The van der Waals surface area contributed by atoms with Gasteiger partial charge in [0.25, 0.3) is 0 Å². The second-order valence-electron chi connectivity index (χ2n) is 7.69. The Bertz CT molecular complexity index is 974. The lowest BCUT2D eigenvalue weighted by Gasteiger charge is -2.34. The highest BCUT2D eigenvalue weighted by Crippen LogP contribution is 2.34. The van der Waals surface area contributed by atoms with Crippen LogP contribution in [0.4, 0.5) is 26.7 Å². The standard InChI is InChI=1S/C21H22ClF5N4O2/c22-13-5-6-17(29-10-13)20(11-28,31-19(32)30-15-3-1-2-4-15)12-7-14(23)9-16(8-12)33-21(26,27)18(24)25/h5-10,15,18H,1-4,11,28H2,(H2,30,31,32). The summed E-state index contributed by atoms with van der Waals surface area (Å²) in [6.07, 6.45) is -4.27. The summed E-state index contributed by atoms with van der Waals surface area (Å²) in [5.41, 5.74) is 4.26. The summed E-state index contributed by atoms with van der Waals surface area (Å²) in [6.45, 7) is -0.381. The fourth-order valence-corrected chi connectivity index (χ4v) is 3.85. The van der Waals surface area contributed by atoms with Crippen LogP contribution >= 0.6 is 11.6 Å². The van der Waals surface area contributed by atoms with Crippen molar-refractivity contribution in [1.82, 2.24) is 15.6 Å². The fourth-order valence-electron chi connectivity index (χ4n) is 3.74. The summed E-state index contributed by atoms with van der Waals surface area (Å²) in [7, 11) is 0. The van der Waals surface area contributed by atoms with Crippen LogP contribution in [-0.2, 0) is 5.54 Å². The van der Waals surface area contributed by atoms with Gasteiger partial charge in [-0.2, -0.15) is 17.6 Å². The topological polar surface area (TPSA) is 89.3 Å². The molecule has 0 bridgehead atoms. The first kappa shape index (κ1) is 25.0. The molecule has 1 aliphatic rings. The van der Waals surface area contributed by atoms with E-state index in [9.17, 15) is 26.7 Å². The summed E-state index contributed by atoms with van der Waals surface area (Å²) in [5.74, 6) is -1.95. The third-order valence-corrected chi connectivity index (χ3v) is 5.58. The molecule has 1 fully saturated rings. The predicted molar refractivity (Wildman–Crippen MR) is 111 cm³/mol. The van der Waals surface area contributed by atoms with E-state index < -0.39 is 35.7 Å². The molecule has 1 saturated carbocycles. The van der Waals surface area contributed by atoms with E-state index in [1.165, 1.54) is 18.3 Å². The fraction of sp³-hybridized carbons (Fsp3) is 0.429. The van der Waals surface area contributed by atoms with E-state index in [0.29, 0.717) is 6.07 Å². The molecule has 12 heteroatoms. The SMILES string of the molecule is NCC(NC(=O)NC1CCCC1)(c1cc(F)cc(OC(F)(F)C(F)F)c1)c1ccc(Cl)cn1. The Kier molecular flexibility index (Phi) is 7.63. The van der Waals surface area contributed by atoms with Gasteiger partial charge in [0, 0.05) is 24.8 Å². The molecule has 0 saturated heterocycles. The van der Waals surface area contributed by atoms with E-state index in [4.69, 9.17) is 17.3 Å². The average Bonchev–Trinajstić information content (AvgIpc) is 3.24. The van der Waals surface area contributed by atoms with Gasteiger partial charge in [0.2, 0.25) is 0 Å². The number of alkyl halides is 4. The highest BCUT2D eigenvalue weighted by atomic mass is 35.5. The van der Waals surface area contributed by atoms with Crippen molar-refractivity contribution in [2.75, 3.05) is 6.54 Å². The Labute approximate surface area is 191 Å². The minimum Gasteiger partial charge on any atom is -0.428 e. The van der Waals surface area contributed by atoms with Gasteiger partial charge in [0.05, 0.1) is 10.7 Å². The first-order valence-electron chi connectivity index (χ1n) is 10.1. The van der Waals surface area contributed by atoms with Gasteiger partial charge < -0.3 is 21.1 Å². The number of urea groups is 1. The molecular formula is C21H22ClF5N4O2. The van der Waals surface area contributed by atoms with Crippen molar-refractivity contribution >= 4 is 17.6 Å². The lowest BCUT2D eigenvalue weighted by Crippen LogP contribution is -2.56. The third-order valence-electron chi connectivity index (χ3n) is 5.36. The highest BCUT2D eigenvalue weighted by molar-refractivity contribution is 6.30. The molecule has 1 aromatic heterocycles. The van der Waals surface area contributed by atoms with Crippen LogP contribution in [0, 0.1) is 5.82 Å². The zero-order valence-electron chi connectivity index (χ0n) is 17.3. The molecule has 4 N–H and O–H groups in total. The van der Waals surface area contributed by atoms with Crippen LogP contribution < -0.4 is 21.1 Å². The number of hydrogen-bond donors (Lipinski definition) is 3. The Morgan fingerprint density at radius 3 is 2.52 bits per heavy atom. The quantitative estimate of drug-likeness (QED) is 0.471. The molecule has 0 aliphatic heterocycles. The number of amides is 2. The number of halogens is 6. The average molecular weight is 493 g/mol. The number of hydrogen-bond acceptors (Lipinski definition) is 4. The van der Waals surface area contributed by atoms with Crippen LogP contribution in [0.2, 0.25) is 5.02 Å². The Morgan fingerprint density at radius 1 is 1.24 bits per heavy atom. The van der Waals surface area contributed by atoms with Crippen LogP contribution in [0.25, 0.3) is 0 Å². The molecule has 1 unspecified atom stereocenters. The van der Waals surface area contributed by atoms with Crippen LogP contribution in [0.3, 0.4) is 0 Å². The van der Waals surface area contributed by atoms with Gasteiger partial charge >= 0.3 is 18.6 Å². The third kappa shape index (κ3) is 5.83. The predicted octanol–water partition coefficient (Wildman–Crippen LogP) is 4.55. The second kappa shape index (κ2) is 10.1. The Morgan fingerprint density at radius 2 is 1.94 bits per heavy atom. The molecule has 33 heavy (non-hydrogen) atoms. The summed E-state index contributed by atoms with van der Waals surface area (Å²) in [6, 6.07) is 4.50. The van der Waals surface area contributed by atoms with Crippen molar-refractivity contribution in [2.45, 2.75) is 49.8 Å². The van der Waals surface area contributed by atoms with E-state index >= 15 is 0 Å². The monoisotopic (exact) mass is 492 g/mol. The summed E-state index contributed by atoms with van der Waals surface area (Å²) >= 11 is 5.89. The normalized spacial score (nSPS) is 16.5. The zero-order valence-corrected chi connectivity index (χ0v) is 18.0. The smallest absolute Gasteiger partial charge is 0.428 e. The summed E-state index contributed by atoms with van der Waals surface area (Å²) in [5, 5.41) is 5.72. The van der Waals surface area contributed by atoms with Crippen LogP contribution in [0.1, 0.15) is 36.9 Å². The van der Waals surface area contributed by atoms with Crippen molar-refractivity contribution in [2.24, 2.45) is 5.73 Å². The Balaban J connectivity index is 2.04. The van der Waals surface area contributed by atoms with Crippen molar-refractivity contribution < 1.29 is 31.5 Å². The molecule has 180 valence electrons. The molecule has 3 rings (SSSR count). The van der Waals surface area contributed by atoms with Gasteiger partial charge in [-0.15, -0.1) is 0 Å². The molecular weight excluding hydrogens is 471 g/mol. The number of carbonyl (C=O) groups is 1. The molecule has 1 aliphatic carbocycles. The zero-order chi connectivity index (χ0) is 24.2. The van der Waals surface area contributed by atoms with Crippen molar-refractivity contribution in [3.05, 3.63) is 58.6 Å². The molecule has 6 nitrogen and oxygen atoms in total. The first-order valence-corrected chi connectivity index (χ1v) is 10.5. The van der Waals surface area contributed by atoms with E-state index in [0.717, 1.165) is 37.8 Å². The van der Waals surface area contributed by atoms with Gasteiger partial charge in [0.1, 0.15) is 17.1 Å². The Hall–Kier alpha value is -2.66. The lowest BCUT2D eigenvalue weighted by atomic mass is 9.85. The maximum atomic E-state index is 14.4. The number of carbonyl (C=O) groups excluding carboxylic acids is 1. The first-order chi connectivity index (χ1) is 15.6. The van der Waals surface area contributed by atoms with Gasteiger partial charge in [-0.3, -0.25) is 4.98 Å². The van der Waals surface area contributed by atoms with Gasteiger partial charge in [-0.05, 0) is 42.7 Å². The number of ether oxygens (including phenoxy) is 1. The minimum atomic E-state index is -4.86. The molecule has 2 amide bonds. The molecule has 1 atom stereocenters. The number of pyridine rings is 1. The van der Waals surface area contributed by atoms with Gasteiger partial charge in [-0.1, -0.05) is 24.4 Å². The van der Waals surface area contributed by atoms with Crippen molar-refractivity contribution in [3.8, 4) is 5.75 Å². The van der Waals surface area contributed by atoms with Gasteiger partial charge in [0.15, 0.2) is 0 Å². The van der Waals surface area contributed by atoms with Crippen LogP contribution in [0.5, 0.6) is 5.75 Å². The highest BCUT2D eigenvalue weighted by Gasteiger charge is 2.45. The van der Waals surface area contributed by atoms with E-state index in [1.54, 1.807) is 0 Å². The number of nitrogens with one attached hydrogen (secondary N) is 2. The lowest BCUT2D eigenvalue weighted by molar-refractivity contribution is -0.253. The van der Waals surface area contributed by atoms with Crippen LogP contribution in [0.15, 0.2) is 36.5 Å². The van der Waals surface area contributed by atoms with E-state index in [-0.39, 0.29) is 28.9 Å². The number of aromatic nitrogens is 1. The second-order valence-corrected chi connectivity index (χ2v) is 8.13. The maximum absolute atomic E-state index is 14.4. The largest absolute Gasteiger partial charge is 0.461 e. The van der Waals surface area contributed by atoms with Crippen LogP contribution in [-0.4, -0.2) is 36.1 Å². The minimum absolute atomic E-state index is 0.0743. The van der Waals surface area contributed by atoms with Crippen molar-refractivity contribution in [3.63, 3.8) is 0 Å². The van der Waals surface area contributed by atoms with Crippen molar-refractivity contribution in [1.29, 1.82) is 0 Å². The summed E-state index contributed by atoms with van der Waals surface area (Å²) < 4.78 is 70.5. The van der Waals surface area contributed by atoms with Gasteiger partial charge in [-0.25, -0.2) is 9.18 Å². The van der Waals surface area contributed by atoms with E-state index in [1.807, 2.05) is 0 Å².